The fourth-order valence-electron chi connectivity index (χ4n) is 0. The predicted molar refractivity (Wildman–Crippen MR) is 19.6 cm³/mol. The minimum absolute atomic E-state index is 1.01. The molecule has 0 aliphatic carbocycles. The van der Waals surface area contributed by atoms with Crippen LogP contribution in [0.4, 0.5) is 4.39 Å². The number of hydrogen-bond donors (Lipinski definition) is 0. The smallest absolute Gasteiger partial charge is 0.192 e. The van der Waals surface area contributed by atoms with Gasteiger partial charge in [-0.3, -0.25) is 0 Å². The molecule has 3 heteroatoms. The van der Waals surface area contributed by atoms with Crippen molar-refractivity contribution in [3.8, 4) is 0 Å². The number of rotatable bonds is 0. The largest absolute Gasteiger partial charge is 0.209 e. The van der Waals surface area contributed by atoms with Crippen molar-refractivity contribution >= 4 is 23.2 Å². The summed E-state index contributed by atoms with van der Waals surface area (Å²) in [6, 6.07) is 0. The molecule has 0 aliphatic rings. The summed E-state index contributed by atoms with van der Waals surface area (Å²) in [5.74, 6) is 0. The van der Waals surface area contributed by atoms with Gasteiger partial charge in [0, 0.05) is 0 Å². The molecule has 0 aliphatic heterocycles. The lowest BCUT2D eigenvalue weighted by Crippen LogP contribution is -1.39. The van der Waals surface area contributed by atoms with Gasteiger partial charge in [-0.25, -0.2) is 0 Å². The highest BCUT2D eigenvalue weighted by molar-refractivity contribution is 6.33. The van der Waals surface area contributed by atoms with Crippen LogP contribution in [0.1, 0.15) is 0 Å². The topological polar surface area (TPSA) is 0 Å². The van der Waals surface area contributed by atoms with Crippen LogP contribution in [0.25, 0.3) is 0 Å². The molecule has 0 saturated heterocycles. The van der Waals surface area contributed by atoms with Crippen LogP contribution in [0.15, 0.2) is 5.29 Å². The highest BCUT2D eigenvalue weighted by atomic mass is 35.5. The number of halogens is 3. The average molecular weight is 114 g/mol. The van der Waals surface area contributed by atoms with Gasteiger partial charge in [0.1, 0.15) is 5.54 Å². The summed E-state index contributed by atoms with van der Waals surface area (Å²) < 4.78 is 10.9. The molecule has 0 saturated carbocycles. The summed E-state index contributed by atoms with van der Waals surface area (Å²) in [5, 5.41) is -1.01. The maximum atomic E-state index is 10.9. The zero-order valence-electron chi connectivity index (χ0n) is 2.13. The Morgan fingerprint density at radius 2 is 2.00 bits per heavy atom. The fraction of sp³-hybridized carbons (Fsp3) is 0. The van der Waals surface area contributed by atoms with E-state index in [4.69, 9.17) is 0 Å². The van der Waals surface area contributed by atoms with E-state index in [1.807, 2.05) is 0 Å². The SMILES string of the molecule is F/C(Cl)=[C]/Cl. The first-order valence-electron chi connectivity index (χ1n) is 0.817. The summed E-state index contributed by atoms with van der Waals surface area (Å²) in [5.41, 5.74) is 1.52. The van der Waals surface area contributed by atoms with Crippen LogP contribution in [0.5, 0.6) is 0 Å². The average Bonchev–Trinajstić information content (AvgIpc) is 1.38. The molecule has 0 aromatic heterocycles. The van der Waals surface area contributed by atoms with Crippen LogP contribution in [-0.4, -0.2) is 0 Å². The van der Waals surface area contributed by atoms with Gasteiger partial charge in [0.25, 0.3) is 0 Å². The van der Waals surface area contributed by atoms with Crippen LogP contribution in [0.3, 0.4) is 0 Å². The molecule has 1 radical (unpaired) electrons. The first kappa shape index (κ1) is 5.25. The predicted octanol–water partition coefficient (Wildman–Crippen LogP) is 2.04. The lowest BCUT2D eigenvalue weighted by atomic mass is 11.2. The van der Waals surface area contributed by atoms with Gasteiger partial charge in [-0.05, 0) is 11.6 Å². The molecule has 29 valence electrons. The van der Waals surface area contributed by atoms with Crippen molar-refractivity contribution in [2.24, 2.45) is 0 Å². The van der Waals surface area contributed by atoms with Gasteiger partial charge in [-0.2, -0.15) is 4.39 Å². The third-order valence-corrected chi connectivity index (χ3v) is 0.429. The van der Waals surface area contributed by atoms with Crippen molar-refractivity contribution in [1.82, 2.24) is 0 Å². The van der Waals surface area contributed by atoms with Crippen LogP contribution in [0.2, 0.25) is 0 Å². The Balaban J connectivity index is 3.14. The van der Waals surface area contributed by atoms with E-state index in [-0.39, 0.29) is 0 Å². The van der Waals surface area contributed by atoms with Crippen LogP contribution in [-0.2, 0) is 0 Å². The molecule has 0 N–H and O–H groups in total. The Labute approximate surface area is 39.2 Å². The second-order valence-electron chi connectivity index (χ2n) is 0.355. The monoisotopic (exact) mass is 113 g/mol. The van der Waals surface area contributed by atoms with Crippen molar-refractivity contribution in [3.05, 3.63) is 10.8 Å². The second-order valence-corrected chi connectivity index (χ2v) is 0.876. The van der Waals surface area contributed by atoms with Crippen molar-refractivity contribution in [2.45, 2.75) is 0 Å². The lowest BCUT2D eigenvalue weighted by molar-refractivity contribution is 0.694. The van der Waals surface area contributed by atoms with Crippen molar-refractivity contribution in [1.29, 1.82) is 0 Å². The fourth-order valence-corrected chi connectivity index (χ4v) is 0. The van der Waals surface area contributed by atoms with E-state index in [1.54, 1.807) is 0 Å². The Morgan fingerprint density at radius 3 is 2.00 bits per heavy atom. The molecule has 0 nitrogen and oxygen atoms in total. The summed E-state index contributed by atoms with van der Waals surface area (Å²) in [7, 11) is 0. The van der Waals surface area contributed by atoms with E-state index >= 15 is 0 Å². The molecule has 0 amide bonds. The zero-order chi connectivity index (χ0) is 4.28. The minimum Gasteiger partial charge on any atom is -0.192 e. The highest BCUT2D eigenvalue weighted by Gasteiger charge is 1.75. The van der Waals surface area contributed by atoms with E-state index < -0.39 is 5.29 Å². The molecule has 0 unspecified atom stereocenters. The molecule has 0 heterocycles. The summed E-state index contributed by atoms with van der Waals surface area (Å²) in [6.45, 7) is 0. The Morgan fingerprint density at radius 1 is 1.80 bits per heavy atom. The molecule has 0 atom stereocenters. The first-order valence-corrected chi connectivity index (χ1v) is 1.57. The molecular weight excluding hydrogens is 114 g/mol. The van der Waals surface area contributed by atoms with Crippen LogP contribution in [0, 0.1) is 5.54 Å². The normalized spacial score (nSPS) is 12.2. The Bertz CT molecular complexity index is 45.6. The van der Waals surface area contributed by atoms with E-state index in [2.05, 4.69) is 23.2 Å². The Hall–Kier alpha value is 0.250. The molecule has 0 aromatic carbocycles. The zero-order valence-corrected chi connectivity index (χ0v) is 3.65. The van der Waals surface area contributed by atoms with Gasteiger partial charge >= 0.3 is 0 Å². The standard InChI is InChI=1S/C2Cl2F/c3-1-2(4)5. The Kier molecular flexibility index (Phi) is 2.61. The molecule has 5 heavy (non-hydrogen) atoms. The minimum atomic E-state index is -1.01. The van der Waals surface area contributed by atoms with Crippen molar-refractivity contribution in [3.63, 3.8) is 0 Å². The first-order chi connectivity index (χ1) is 2.27. The summed E-state index contributed by atoms with van der Waals surface area (Å²) in [6.07, 6.45) is 0. The second kappa shape index (κ2) is 2.49. The van der Waals surface area contributed by atoms with Gasteiger partial charge in [-0.15, -0.1) is 0 Å². The summed E-state index contributed by atoms with van der Waals surface area (Å²) in [4.78, 5) is 0. The van der Waals surface area contributed by atoms with E-state index in [1.165, 1.54) is 5.54 Å². The quantitative estimate of drug-likeness (QED) is 0.451. The lowest BCUT2D eigenvalue weighted by Gasteiger charge is -1.61. The van der Waals surface area contributed by atoms with Gasteiger partial charge in [0.2, 0.25) is 5.29 Å². The molecule has 0 bridgehead atoms. The van der Waals surface area contributed by atoms with Crippen LogP contribution < -0.4 is 0 Å². The van der Waals surface area contributed by atoms with Gasteiger partial charge in [0.05, 0.1) is 0 Å². The van der Waals surface area contributed by atoms with E-state index in [0.29, 0.717) is 0 Å². The summed E-state index contributed by atoms with van der Waals surface area (Å²) >= 11 is 9.01. The third kappa shape index (κ3) is 4.25. The molecule has 0 fully saturated rings. The maximum absolute atomic E-state index is 10.9. The molecule has 0 aromatic rings. The van der Waals surface area contributed by atoms with Gasteiger partial charge in [0.15, 0.2) is 0 Å². The highest BCUT2D eigenvalue weighted by Crippen LogP contribution is 2.00. The van der Waals surface area contributed by atoms with Crippen LogP contribution >= 0.6 is 23.2 Å². The van der Waals surface area contributed by atoms with Gasteiger partial charge < -0.3 is 0 Å². The van der Waals surface area contributed by atoms with Gasteiger partial charge in [-0.1, -0.05) is 11.6 Å². The molecule has 0 rings (SSSR count). The van der Waals surface area contributed by atoms with Crippen molar-refractivity contribution in [2.75, 3.05) is 0 Å². The maximum Gasteiger partial charge on any atom is 0.209 e. The van der Waals surface area contributed by atoms with E-state index in [9.17, 15) is 4.39 Å². The third-order valence-electron chi connectivity index (χ3n) is 0.0714. The molecule has 0 spiro atoms. The van der Waals surface area contributed by atoms with E-state index in [0.717, 1.165) is 0 Å². The molecular formula is C2Cl2F. The van der Waals surface area contributed by atoms with Crippen molar-refractivity contribution < 1.29 is 4.39 Å². The number of hydrogen-bond acceptors (Lipinski definition) is 0.